The fourth-order valence-electron chi connectivity index (χ4n) is 4.67. The van der Waals surface area contributed by atoms with Crippen LogP contribution in [0.25, 0.3) is 10.2 Å². The topological polar surface area (TPSA) is 49.3 Å². The van der Waals surface area contributed by atoms with Crippen molar-refractivity contribution in [1.82, 2.24) is 14.9 Å². The van der Waals surface area contributed by atoms with Crippen molar-refractivity contribution in [1.29, 1.82) is 0 Å². The van der Waals surface area contributed by atoms with E-state index in [2.05, 4.69) is 35.2 Å². The third kappa shape index (κ3) is 4.28. The third-order valence-corrected chi connectivity index (χ3v) is 7.78. The Morgan fingerprint density at radius 3 is 2.55 bits per heavy atom. The first-order chi connectivity index (χ1) is 15.2. The number of aryl methyl sites for hydroxylation is 4. The zero-order valence-corrected chi connectivity index (χ0v) is 19.2. The van der Waals surface area contributed by atoms with Gasteiger partial charge in [-0.2, -0.15) is 0 Å². The first-order valence-electron chi connectivity index (χ1n) is 11.2. The standard InChI is InChI=1S/C24H27ClN4OS/c25-16-21(30)28-12-14-29(15-13-28)23-22-18-8-4-5-9-19(18)31-24(22)27-20(26-23)11-10-17-6-2-1-3-7-17/h1-3,6-7H,4-5,8-16H2. The van der Waals surface area contributed by atoms with E-state index in [1.807, 2.05) is 16.2 Å². The van der Waals surface area contributed by atoms with Crippen molar-refractivity contribution in [3.8, 4) is 0 Å². The van der Waals surface area contributed by atoms with E-state index in [-0.39, 0.29) is 11.8 Å². The number of hydrogen-bond acceptors (Lipinski definition) is 5. The number of carbonyl (C=O) groups excluding carboxylic acids is 1. The lowest BCUT2D eigenvalue weighted by atomic mass is 9.96. The number of alkyl halides is 1. The largest absolute Gasteiger partial charge is 0.352 e. The molecule has 0 N–H and O–H groups in total. The Hall–Kier alpha value is -2.18. The number of halogens is 1. The van der Waals surface area contributed by atoms with Crippen molar-refractivity contribution in [2.75, 3.05) is 37.0 Å². The van der Waals surface area contributed by atoms with E-state index in [1.165, 1.54) is 34.2 Å². The number of hydrogen-bond donors (Lipinski definition) is 0. The Kier molecular flexibility index (Phi) is 6.10. The van der Waals surface area contributed by atoms with Crippen LogP contribution in [0.5, 0.6) is 0 Å². The maximum absolute atomic E-state index is 12.0. The molecule has 1 aliphatic carbocycles. The van der Waals surface area contributed by atoms with Gasteiger partial charge in [-0.3, -0.25) is 4.79 Å². The second kappa shape index (κ2) is 9.13. The predicted octanol–water partition coefficient (Wildman–Crippen LogP) is 4.24. The van der Waals surface area contributed by atoms with Crippen LogP contribution in [-0.2, 0) is 30.5 Å². The molecular formula is C24H27ClN4OS. The zero-order chi connectivity index (χ0) is 21.2. The normalized spacial score (nSPS) is 16.5. The fourth-order valence-corrected chi connectivity index (χ4v) is 6.12. The van der Waals surface area contributed by atoms with Crippen LogP contribution in [0.15, 0.2) is 30.3 Å². The Balaban J connectivity index is 1.47. The van der Waals surface area contributed by atoms with Crippen molar-refractivity contribution in [3.63, 3.8) is 0 Å². The molecule has 5 rings (SSSR count). The molecule has 0 atom stereocenters. The summed E-state index contributed by atoms with van der Waals surface area (Å²) < 4.78 is 0. The molecule has 1 aliphatic heterocycles. The maximum atomic E-state index is 12.0. The van der Waals surface area contributed by atoms with Gasteiger partial charge in [-0.15, -0.1) is 22.9 Å². The lowest BCUT2D eigenvalue weighted by Gasteiger charge is -2.35. The molecular weight excluding hydrogens is 428 g/mol. The molecule has 1 fully saturated rings. The number of amides is 1. The first kappa shape index (κ1) is 20.7. The Bertz CT molecular complexity index is 1080. The Labute approximate surface area is 192 Å². The van der Waals surface area contributed by atoms with Crippen LogP contribution in [-0.4, -0.2) is 52.8 Å². The van der Waals surface area contributed by atoms with Gasteiger partial charge >= 0.3 is 0 Å². The molecule has 2 aromatic heterocycles. The van der Waals surface area contributed by atoms with Gasteiger partial charge in [0.05, 0.1) is 5.39 Å². The van der Waals surface area contributed by atoms with Crippen molar-refractivity contribution in [2.24, 2.45) is 0 Å². The first-order valence-corrected chi connectivity index (χ1v) is 12.5. The van der Waals surface area contributed by atoms with E-state index in [9.17, 15) is 4.79 Å². The number of nitrogens with zero attached hydrogens (tertiary/aromatic N) is 4. The minimum atomic E-state index is 0.0191. The molecule has 1 aromatic carbocycles. The number of anilines is 1. The molecule has 31 heavy (non-hydrogen) atoms. The van der Waals surface area contributed by atoms with Gasteiger partial charge in [0.1, 0.15) is 22.4 Å². The maximum Gasteiger partial charge on any atom is 0.237 e. The van der Waals surface area contributed by atoms with Gasteiger partial charge in [0.25, 0.3) is 0 Å². The average molecular weight is 455 g/mol. The van der Waals surface area contributed by atoms with Crippen LogP contribution in [0.1, 0.15) is 34.7 Å². The molecule has 2 aliphatic rings. The van der Waals surface area contributed by atoms with Crippen molar-refractivity contribution < 1.29 is 4.79 Å². The van der Waals surface area contributed by atoms with Crippen LogP contribution < -0.4 is 4.90 Å². The highest BCUT2D eigenvalue weighted by Gasteiger charge is 2.27. The minimum Gasteiger partial charge on any atom is -0.352 e. The number of piperazine rings is 1. The summed E-state index contributed by atoms with van der Waals surface area (Å²) in [6.45, 7) is 2.97. The third-order valence-electron chi connectivity index (χ3n) is 6.37. The van der Waals surface area contributed by atoms with Crippen LogP contribution >= 0.6 is 22.9 Å². The number of aromatic nitrogens is 2. The van der Waals surface area contributed by atoms with Crippen LogP contribution in [0.2, 0.25) is 0 Å². The monoisotopic (exact) mass is 454 g/mol. The Morgan fingerprint density at radius 2 is 1.77 bits per heavy atom. The second-order valence-corrected chi connectivity index (χ2v) is 9.69. The summed E-state index contributed by atoms with van der Waals surface area (Å²) >= 11 is 7.63. The number of carbonyl (C=O) groups is 1. The predicted molar refractivity (Wildman–Crippen MR) is 127 cm³/mol. The quantitative estimate of drug-likeness (QED) is 0.541. The van der Waals surface area contributed by atoms with Crippen molar-refractivity contribution >= 4 is 44.9 Å². The van der Waals surface area contributed by atoms with Gasteiger partial charge < -0.3 is 9.80 Å². The van der Waals surface area contributed by atoms with E-state index in [0.717, 1.165) is 55.2 Å². The van der Waals surface area contributed by atoms with Gasteiger partial charge in [-0.05, 0) is 43.2 Å². The second-order valence-electron chi connectivity index (χ2n) is 8.34. The van der Waals surface area contributed by atoms with E-state index in [1.54, 1.807) is 0 Å². The number of fused-ring (bicyclic) bond motifs is 3. The van der Waals surface area contributed by atoms with Crippen LogP contribution in [0.3, 0.4) is 0 Å². The van der Waals surface area contributed by atoms with Gasteiger partial charge in [-0.25, -0.2) is 9.97 Å². The number of rotatable bonds is 5. The highest BCUT2D eigenvalue weighted by Crippen LogP contribution is 2.40. The summed E-state index contributed by atoms with van der Waals surface area (Å²) in [7, 11) is 0. The molecule has 7 heteroatoms. The lowest BCUT2D eigenvalue weighted by molar-refractivity contribution is -0.128. The van der Waals surface area contributed by atoms with E-state index in [4.69, 9.17) is 21.6 Å². The Morgan fingerprint density at radius 1 is 1.00 bits per heavy atom. The number of thiophene rings is 1. The summed E-state index contributed by atoms with van der Waals surface area (Å²) in [5.74, 6) is 2.07. The van der Waals surface area contributed by atoms with Crippen LogP contribution in [0, 0.1) is 0 Å². The highest BCUT2D eigenvalue weighted by atomic mass is 35.5. The van der Waals surface area contributed by atoms with Gasteiger partial charge in [-0.1, -0.05) is 30.3 Å². The molecule has 5 nitrogen and oxygen atoms in total. The summed E-state index contributed by atoms with van der Waals surface area (Å²) in [5.41, 5.74) is 2.78. The lowest BCUT2D eigenvalue weighted by Crippen LogP contribution is -2.49. The summed E-state index contributed by atoms with van der Waals surface area (Å²) in [6, 6.07) is 10.5. The molecule has 0 spiro atoms. The molecule has 0 radical (unpaired) electrons. The number of benzene rings is 1. The molecule has 0 unspecified atom stereocenters. The van der Waals surface area contributed by atoms with Gasteiger partial charge in [0, 0.05) is 37.5 Å². The van der Waals surface area contributed by atoms with Crippen molar-refractivity contribution in [2.45, 2.75) is 38.5 Å². The van der Waals surface area contributed by atoms with E-state index >= 15 is 0 Å². The molecule has 3 aromatic rings. The van der Waals surface area contributed by atoms with E-state index in [0.29, 0.717) is 13.1 Å². The molecule has 0 saturated carbocycles. The highest BCUT2D eigenvalue weighted by molar-refractivity contribution is 7.19. The zero-order valence-electron chi connectivity index (χ0n) is 17.6. The van der Waals surface area contributed by atoms with Gasteiger partial charge in [0.2, 0.25) is 5.91 Å². The summed E-state index contributed by atoms with van der Waals surface area (Å²) in [4.78, 5) is 29.0. The molecule has 1 amide bonds. The molecule has 1 saturated heterocycles. The van der Waals surface area contributed by atoms with Crippen LogP contribution in [0.4, 0.5) is 5.82 Å². The SMILES string of the molecule is O=C(CCl)N1CCN(c2nc(CCc3ccccc3)nc3sc4c(c23)CCCC4)CC1. The molecule has 0 bridgehead atoms. The van der Waals surface area contributed by atoms with Crippen molar-refractivity contribution in [3.05, 3.63) is 52.2 Å². The minimum absolute atomic E-state index is 0.0191. The summed E-state index contributed by atoms with van der Waals surface area (Å²) in [6.07, 6.45) is 6.57. The van der Waals surface area contributed by atoms with E-state index < -0.39 is 0 Å². The average Bonchev–Trinajstić information content (AvgIpc) is 3.21. The molecule has 3 heterocycles. The smallest absolute Gasteiger partial charge is 0.237 e. The fraction of sp³-hybridized carbons (Fsp3) is 0.458. The summed E-state index contributed by atoms with van der Waals surface area (Å²) in [5, 5.41) is 1.26. The molecule has 162 valence electrons. The van der Waals surface area contributed by atoms with Gasteiger partial charge in [0.15, 0.2) is 0 Å².